The molecule has 0 aliphatic carbocycles. The van der Waals surface area contributed by atoms with Crippen LogP contribution in [0.4, 0.5) is 11.5 Å². The second-order valence-electron chi connectivity index (χ2n) is 5.59. The average molecular weight is 279 g/mol. The molecule has 1 aliphatic heterocycles. The molecule has 2 heterocycles. The highest BCUT2D eigenvalue weighted by atomic mass is 16.5. The van der Waals surface area contributed by atoms with Crippen LogP contribution in [0.1, 0.15) is 37.0 Å². The van der Waals surface area contributed by atoms with Crippen LogP contribution in [0.15, 0.2) is 12.3 Å². The molecular weight excluding hydrogens is 258 g/mol. The molecule has 1 saturated heterocycles. The largest absolute Gasteiger partial charge is 0.465 e. The van der Waals surface area contributed by atoms with E-state index in [1.54, 1.807) is 6.07 Å². The van der Waals surface area contributed by atoms with Crippen molar-refractivity contribution in [1.29, 1.82) is 0 Å². The number of hydrogen-bond donors (Lipinski definition) is 2. The predicted octanol–water partition coefficient (Wildman–Crippen LogP) is 1.82. The summed E-state index contributed by atoms with van der Waals surface area (Å²) in [5, 5.41) is 3.33. The van der Waals surface area contributed by atoms with Gasteiger partial charge in [0, 0.05) is 12.6 Å². The Morgan fingerprint density at radius 2 is 2.35 bits per heavy atom. The zero-order valence-electron chi connectivity index (χ0n) is 12.1. The van der Waals surface area contributed by atoms with Crippen molar-refractivity contribution < 1.29 is 14.3 Å². The number of carbonyl (C=O) groups excluding carboxylic acids is 1. The van der Waals surface area contributed by atoms with E-state index in [9.17, 15) is 4.79 Å². The maximum absolute atomic E-state index is 11.6. The molecule has 1 aromatic heterocycles. The minimum absolute atomic E-state index is 0.144. The highest BCUT2D eigenvalue weighted by molar-refractivity contribution is 5.95. The van der Waals surface area contributed by atoms with Gasteiger partial charge >= 0.3 is 5.97 Å². The van der Waals surface area contributed by atoms with Gasteiger partial charge < -0.3 is 20.5 Å². The third-order valence-corrected chi connectivity index (χ3v) is 3.39. The van der Waals surface area contributed by atoms with Crippen molar-refractivity contribution in [3.8, 4) is 0 Å². The first-order valence-corrected chi connectivity index (χ1v) is 6.65. The number of nitrogens with two attached hydrogens (primary N) is 1. The molecule has 0 saturated carbocycles. The number of carbonyl (C=O) groups is 1. The van der Waals surface area contributed by atoms with Crippen LogP contribution in [0.2, 0.25) is 0 Å². The molecule has 110 valence electrons. The lowest BCUT2D eigenvalue weighted by Crippen LogP contribution is -2.40. The van der Waals surface area contributed by atoms with E-state index in [0.717, 1.165) is 12.8 Å². The first-order chi connectivity index (χ1) is 9.41. The minimum atomic E-state index is -0.458. The van der Waals surface area contributed by atoms with Crippen molar-refractivity contribution in [2.24, 2.45) is 0 Å². The van der Waals surface area contributed by atoms with Gasteiger partial charge in [0.05, 0.1) is 30.2 Å². The number of esters is 1. The molecule has 0 spiro atoms. The molecule has 0 amide bonds. The SMILES string of the molecule is COC(=O)c1cc(NC2CCOC(C)(C)C2)ncc1N. The molecule has 2 rings (SSSR count). The summed E-state index contributed by atoms with van der Waals surface area (Å²) in [6.45, 7) is 4.84. The second kappa shape index (κ2) is 5.66. The fourth-order valence-corrected chi connectivity index (χ4v) is 2.40. The zero-order chi connectivity index (χ0) is 14.8. The van der Waals surface area contributed by atoms with Gasteiger partial charge in [-0.2, -0.15) is 0 Å². The number of rotatable bonds is 3. The molecule has 0 radical (unpaired) electrons. The topological polar surface area (TPSA) is 86.5 Å². The molecule has 1 aromatic rings. The fourth-order valence-electron chi connectivity index (χ4n) is 2.40. The molecule has 1 unspecified atom stereocenters. The number of pyridine rings is 1. The van der Waals surface area contributed by atoms with E-state index in [4.69, 9.17) is 15.2 Å². The normalized spacial score (nSPS) is 21.2. The van der Waals surface area contributed by atoms with Gasteiger partial charge in [-0.15, -0.1) is 0 Å². The summed E-state index contributed by atoms with van der Waals surface area (Å²) in [5.74, 6) is 0.169. The van der Waals surface area contributed by atoms with E-state index < -0.39 is 5.97 Å². The Labute approximate surface area is 118 Å². The lowest BCUT2D eigenvalue weighted by atomic mass is 9.94. The second-order valence-corrected chi connectivity index (χ2v) is 5.59. The molecule has 1 aliphatic rings. The van der Waals surface area contributed by atoms with Crippen LogP contribution in [0, 0.1) is 0 Å². The average Bonchev–Trinajstić information content (AvgIpc) is 2.39. The van der Waals surface area contributed by atoms with E-state index in [1.807, 2.05) is 0 Å². The first-order valence-electron chi connectivity index (χ1n) is 6.65. The standard InChI is InChI=1S/C14H21N3O3/c1-14(2)7-9(4-5-20-14)17-12-6-10(13(18)19-3)11(15)8-16-12/h6,8-9H,4-5,7,15H2,1-3H3,(H,16,17). The van der Waals surface area contributed by atoms with Crippen LogP contribution < -0.4 is 11.1 Å². The highest BCUT2D eigenvalue weighted by Gasteiger charge is 2.29. The molecule has 1 atom stereocenters. The van der Waals surface area contributed by atoms with E-state index >= 15 is 0 Å². The predicted molar refractivity (Wildman–Crippen MR) is 76.7 cm³/mol. The van der Waals surface area contributed by atoms with Crippen LogP contribution in [-0.2, 0) is 9.47 Å². The van der Waals surface area contributed by atoms with Crippen molar-refractivity contribution in [3.05, 3.63) is 17.8 Å². The summed E-state index contributed by atoms with van der Waals surface area (Å²) < 4.78 is 10.4. The Morgan fingerprint density at radius 1 is 1.60 bits per heavy atom. The molecular formula is C14H21N3O3. The van der Waals surface area contributed by atoms with Crippen molar-refractivity contribution in [3.63, 3.8) is 0 Å². The van der Waals surface area contributed by atoms with Gasteiger partial charge in [0.25, 0.3) is 0 Å². The van der Waals surface area contributed by atoms with Crippen LogP contribution in [0.5, 0.6) is 0 Å². The van der Waals surface area contributed by atoms with Crippen LogP contribution >= 0.6 is 0 Å². The van der Waals surface area contributed by atoms with Crippen molar-refractivity contribution in [1.82, 2.24) is 4.98 Å². The number of aromatic nitrogens is 1. The third kappa shape index (κ3) is 3.39. The van der Waals surface area contributed by atoms with E-state index in [1.165, 1.54) is 13.3 Å². The Balaban J connectivity index is 2.12. The monoisotopic (exact) mass is 279 g/mol. The molecule has 0 aromatic carbocycles. The van der Waals surface area contributed by atoms with Gasteiger partial charge in [0.1, 0.15) is 5.82 Å². The lowest BCUT2D eigenvalue weighted by molar-refractivity contribution is -0.0553. The number of nitrogen functional groups attached to an aromatic ring is 1. The fraction of sp³-hybridized carbons (Fsp3) is 0.571. The van der Waals surface area contributed by atoms with Crippen LogP contribution in [-0.4, -0.2) is 36.3 Å². The lowest BCUT2D eigenvalue weighted by Gasteiger charge is -2.36. The molecule has 1 fully saturated rings. The summed E-state index contributed by atoms with van der Waals surface area (Å²) >= 11 is 0. The summed E-state index contributed by atoms with van der Waals surface area (Å²) in [5.41, 5.74) is 6.23. The quantitative estimate of drug-likeness (QED) is 0.821. The molecule has 6 heteroatoms. The van der Waals surface area contributed by atoms with E-state index in [0.29, 0.717) is 23.7 Å². The summed E-state index contributed by atoms with van der Waals surface area (Å²) in [6, 6.07) is 1.89. The summed E-state index contributed by atoms with van der Waals surface area (Å²) in [6.07, 6.45) is 3.26. The zero-order valence-corrected chi connectivity index (χ0v) is 12.1. The van der Waals surface area contributed by atoms with Gasteiger partial charge in [0.2, 0.25) is 0 Å². The van der Waals surface area contributed by atoms with Crippen LogP contribution in [0.25, 0.3) is 0 Å². The summed E-state index contributed by atoms with van der Waals surface area (Å²) in [4.78, 5) is 15.8. The minimum Gasteiger partial charge on any atom is -0.465 e. The molecule has 20 heavy (non-hydrogen) atoms. The highest BCUT2D eigenvalue weighted by Crippen LogP contribution is 2.26. The number of nitrogens with one attached hydrogen (secondary N) is 1. The number of nitrogens with zero attached hydrogens (tertiary/aromatic N) is 1. The Morgan fingerprint density at radius 3 is 3.00 bits per heavy atom. The Kier molecular flexibility index (Phi) is 4.13. The van der Waals surface area contributed by atoms with Gasteiger partial charge in [-0.05, 0) is 32.8 Å². The number of anilines is 2. The Bertz CT molecular complexity index is 502. The van der Waals surface area contributed by atoms with Crippen LogP contribution in [0.3, 0.4) is 0 Å². The van der Waals surface area contributed by atoms with E-state index in [-0.39, 0.29) is 11.6 Å². The Hall–Kier alpha value is -1.82. The van der Waals surface area contributed by atoms with Gasteiger partial charge in [0.15, 0.2) is 0 Å². The maximum Gasteiger partial charge on any atom is 0.340 e. The van der Waals surface area contributed by atoms with Gasteiger partial charge in [-0.25, -0.2) is 9.78 Å². The third-order valence-electron chi connectivity index (χ3n) is 3.39. The van der Waals surface area contributed by atoms with Crippen molar-refractivity contribution >= 4 is 17.5 Å². The van der Waals surface area contributed by atoms with Gasteiger partial charge in [-0.3, -0.25) is 0 Å². The summed E-state index contributed by atoms with van der Waals surface area (Å²) in [7, 11) is 1.33. The number of methoxy groups -OCH3 is 1. The molecule has 0 bridgehead atoms. The molecule has 6 nitrogen and oxygen atoms in total. The number of ether oxygens (including phenoxy) is 2. The van der Waals surface area contributed by atoms with Gasteiger partial charge in [-0.1, -0.05) is 0 Å². The number of hydrogen-bond acceptors (Lipinski definition) is 6. The van der Waals surface area contributed by atoms with Crippen molar-refractivity contribution in [2.75, 3.05) is 24.8 Å². The van der Waals surface area contributed by atoms with Crippen molar-refractivity contribution in [2.45, 2.75) is 38.3 Å². The first kappa shape index (κ1) is 14.6. The van der Waals surface area contributed by atoms with E-state index in [2.05, 4.69) is 24.1 Å². The maximum atomic E-state index is 11.6. The molecule has 3 N–H and O–H groups in total. The smallest absolute Gasteiger partial charge is 0.340 e.